The Bertz CT molecular complexity index is 1240. The Hall–Kier alpha value is -3.36. The third kappa shape index (κ3) is 3.74. The molecule has 1 N–H and O–H groups in total. The largest absolute Gasteiger partial charge is 0.288 e. The van der Waals surface area contributed by atoms with Gasteiger partial charge in [0.25, 0.3) is 11.8 Å². The fourth-order valence-corrected chi connectivity index (χ4v) is 4.79. The van der Waals surface area contributed by atoms with E-state index in [9.17, 15) is 18.0 Å². The van der Waals surface area contributed by atoms with Gasteiger partial charge >= 0.3 is 0 Å². The first-order chi connectivity index (χ1) is 14.4. The van der Waals surface area contributed by atoms with Gasteiger partial charge in [0.1, 0.15) is 0 Å². The van der Waals surface area contributed by atoms with Gasteiger partial charge in [-0.1, -0.05) is 30.3 Å². The van der Waals surface area contributed by atoms with Crippen LogP contribution < -0.4 is 5.32 Å². The molecule has 4 rings (SSSR count). The molecule has 0 spiro atoms. The molecule has 1 aliphatic rings. The molecular weight excluding hydrogens is 402 g/mol. The number of nitrogens with one attached hydrogen (secondary N) is 1. The summed E-state index contributed by atoms with van der Waals surface area (Å²) in [7, 11) is -3.96. The van der Waals surface area contributed by atoms with E-state index < -0.39 is 21.8 Å². The predicted molar refractivity (Wildman–Crippen MR) is 110 cm³/mol. The van der Waals surface area contributed by atoms with Crippen molar-refractivity contribution in [2.45, 2.75) is 24.9 Å². The van der Waals surface area contributed by atoms with Gasteiger partial charge in [-0.3, -0.25) is 19.9 Å². The fraction of sp³-hybridized carbons (Fsp3) is 0.136. The summed E-state index contributed by atoms with van der Waals surface area (Å²) in [5.74, 6) is -1.11. The predicted octanol–water partition coefficient (Wildman–Crippen LogP) is 2.66. The van der Waals surface area contributed by atoms with Gasteiger partial charge in [-0.05, 0) is 47.9 Å². The molecule has 2 heterocycles. The van der Waals surface area contributed by atoms with E-state index in [2.05, 4.69) is 10.3 Å². The normalized spacial score (nSPS) is 13.4. The molecule has 0 radical (unpaired) electrons. The van der Waals surface area contributed by atoms with E-state index >= 15 is 0 Å². The molecule has 1 aliphatic heterocycles. The molecule has 0 atom stereocenters. The average Bonchev–Trinajstić information content (AvgIpc) is 3.03. The number of pyridine rings is 1. The van der Waals surface area contributed by atoms with Crippen LogP contribution >= 0.6 is 0 Å². The zero-order valence-corrected chi connectivity index (χ0v) is 17.0. The number of carbonyl (C=O) groups excluding carboxylic acids is 2. The molecular formula is C22H19N3O4S. The third-order valence-corrected chi connectivity index (χ3v) is 6.82. The Labute approximate surface area is 174 Å². The molecule has 0 saturated carbocycles. The van der Waals surface area contributed by atoms with E-state index in [4.69, 9.17) is 0 Å². The number of aromatic nitrogens is 1. The van der Waals surface area contributed by atoms with E-state index in [0.29, 0.717) is 0 Å². The van der Waals surface area contributed by atoms with Crippen LogP contribution in [0.3, 0.4) is 0 Å². The molecule has 0 unspecified atom stereocenters. The summed E-state index contributed by atoms with van der Waals surface area (Å²) >= 11 is 0. The van der Waals surface area contributed by atoms with Gasteiger partial charge in [0, 0.05) is 25.5 Å². The minimum Gasteiger partial charge on any atom is -0.288 e. The van der Waals surface area contributed by atoms with Crippen LogP contribution in [-0.4, -0.2) is 29.5 Å². The molecule has 0 saturated heterocycles. The SMILES string of the molecule is Cc1ccccc1CN(Cc1cccnc1)S(=O)(=O)c1ccc2c(c1)C(=O)NC2=O. The molecule has 7 nitrogen and oxygen atoms in total. The molecule has 152 valence electrons. The van der Waals surface area contributed by atoms with Crippen LogP contribution in [0.2, 0.25) is 0 Å². The van der Waals surface area contributed by atoms with E-state index in [0.717, 1.165) is 16.7 Å². The van der Waals surface area contributed by atoms with Crippen molar-refractivity contribution in [1.29, 1.82) is 0 Å². The highest BCUT2D eigenvalue weighted by molar-refractivity contribution is 7.89. The molecule has 30 heavy (non-hydrogen) atoms. The van der Waals surface area contributed by atoms with Gasteiger partial charge < -0.3 is 0 Å². The number of sulfonamides is 1. The van der Waals surface area contributed by atoms with Crippen LogP contribution in [0.4, 0.5) is 0 Å². The Morgan fingerprint density at radius 3 is 2.43 bits per heavy atom. The highest BCUT2D eigenvalue weighted by Gasteiger charge is 2.31. The van der Waals surface area contributed by atoms with Crippen molar-refractivity contribution in [2.75, 3.05) is 0 Å². The number of imide groups is 1. The summed E-state index contributed by atoms with van der Waals surface area (Å²) in [6.07, 6.45) is 3.25. The second-order valence-corrected chi connectivity index (χ2v) is 8.99. The van der Waals surface area contributed by atoms with Crippen LogP contribution in [0.15, 0.2) is 71.9 Å². The second kappa shape index (κ2) is 7.81. The van der Waals surface area contributed by atoms with Gasteiger partial charge in [0.2, 0.25) is 10.0 Å². The van der Waals surface area contributed by atoms with E-state index in [-0.39, 0.29) is 29.1 Å². The average molecular weight is 421 g/mol. The number of rotatable bonds is 6. The minimum atomic E-state index is -3.96. The number of aryl methyl sites for hydroxylation is 1. The summed E-state index contributed by atoms with van der Waals surface area (Å²) in [6.45, 7) is 2.20. The van der Waals surface area contributed by atoms with Crippen molar-refractivity contribution >= 4 is 21.8 Å². The quantitative estimate of drug-likeness (QED) is 0.618. The third-order valence-electron chi connectivity index (χ3n) is 5.03. The maximum atomic E-state index is 13.5. The first kappa shape index (κ1) is 19.9. The first-order valence-corrected chi connectivity index (χ1v) is 10.7. The number of carbonyl (C=O) groups is 2. The lowest BCUT2D eigenvalue weighted by Gasteiger charge is -2.23. The Morgan fingerprint density at radius 1 is 0.933 bits per heavy atom. The monoisotopic (exact) mass is 421 g/mol. The second-order valence-electron chi connectivity index (χ2n) is 7.05. The minimum absolute atomic E-state index is 0.0384. The standard InChI is InChI=1S/C22H19N3O4S/c1-15-5-2-3-7-17(15)14-25(13-16-6-4-10-23-12-16)30(28,29)18-8-9-19-20(11-18)22(27)24-21(19)26/h2-12H,13-14H2,1H3,(H,24,26,27). The summed E-state index contributed by atoms with van der Waals surface area (Å²) in [5.41, 5.74) is 2.83. The molecule has 3 aromatic rings. The van der Waals surface area contributed by atoms with Crippen molar-refractivity contribution in [3.05, 3.63) is 94.8 Å². The summed E-state index contributed by atoms with van der Waals surface area (Å²) in [6, 6.07) is 15.1. The maximum absolute atomic E-state index is 13.5. The van der Waals surface area contributed by atoms with Crippen LogP contribution in [-0.2, 0) is 23.1 Å². The van der Waals surface area contributed by atoms with Crippen molar-refractivity contribution in [3.8, 4) is 0 Å². The van der Waals surface area contributed by atoms with E-state index in [1.807, 2.05) is 37.3 Å². The van der Waals surface area contributed by atoms with E-state index in [1.165, 1.54) is 22.5 Å². The molecule has 2 amide bonds. The zero-order valence-electron chi connectivity index (χ0n) is 16.2. The van der Waals surface area contributed by atoms with E-state index in [1.54, 1.807) is 18.5 Å². The highest BCUT2D eigenvalue weighted by Crippen LogP contribution is 2.26. The summed E-state index contributed by atoms with van der Waals surface area (Å²) < 4.78 is 28.4. The van der Waals surface area contributed by atoms with Crippen molar-refractivity contribution in [1.82, 2.24) is 14.6 Å². The maximum Gasteiger partial charge on any atom is 0.258 e. The zero-order chi connectivity index (χ0) is 21.3. The Kier molecular flexibility index (Phi) is 5.19. The van der Waals surface area contributed by atoms with Crippen LogP contribution in [0.25, 0.3) is 0 Å². The molecule has 0 bridgehead atoms. The van der Waals surface area contributed by atoms with Gasteiger partial charge in [-0.2, -0.15) is 4.31 Å². The number of nitrogens with zero attached hydrogens (tertiary/aromatic N) is 2. The topological polar surface area (TPSA) is 96.4 Å². The van der Waals surface area contributed by atoms with Gasteiger partial charge in [0.15, 0.2) is 0 Å². The molecule has 0 aliphatic carbocycles. The number of fused-ring (bicyclic) bond motifs is 1. The lowest BCUT2D eigenvalue weighted by atomic mass is 10.1. The molecule has 2 aromatic carbocycles. The molecule has 0 fully saturated rings. The van der Waals surface area contributed by atoms with Gasteiger partial charge in [-0.15, -0.1) is 0 Å². The van der Waals surface area contributed by atoms with Crippen molar-refractivity contribution in [2.24, 2.45) is 0 Å². The molecule has 1 aromatic heterocycles. The Morgan fingerprint density at radius 2 is 1.70 bits per heavy atom. The molecule has 8 heteroatoms. The van der Waals surface area contributed by atoms with Crippen molar-refractivity contribution in [3.63, 3.8) is 0 Å². The van der Waals surface area contributed by atoms with Gasteiger partial charge in [-0.25, -0.2) is 8.42 Å². The smallest absolute Gasteiger partial charge is 0.258 e. The lowest BCUT2D eigenvalue weighted by molar-refractivity contribution is 0.0879. The van der Waals surface area contributed by atoms with Crippen molar-refractivity contribution < 1.29 is 18.0 Å². The number of hydrogen-bond acceptors (Lipinski definition) is 5. The van der Waals surface area contributed by atoms with Gasteiger partial charge in [0.05, 0.1) is 16.0 Å². The summed E-state index contributed by atoms with van der Waals surface area (Å²) in [4.78, 5) is 27.8. The van der Waals surface area contributed by atoms with Crippen LogP contribution in [0.1, 0.15) is 37.4 Å². The van der Waals surface area contributed by atoms with Crippen LogP contribution in [0, 0.1) is 6.92 Å². The summed E-state index contributed by atoms with van der Waals surface area (Å²) in [5, 5.41) is 2.18. The number of amides is 2. The lowest BCUT2D eigenvalue weighted by Crippen LogP contribution is -2.30. The van der Waals surface area contributed by atoms with Crippen LogP contribution in [0.5, 0.6) is 0 Å². The Balaban J connectivity index is 1.75. The fourth-order valence-electron chi connectivity index (χ4n) is 3.36. The number of benzene rings is 2. The number of hydrogen-bond donors (Lipinski definition) is 1. The highest BCUT2D eigenvalue weighted by atomic mass is 32.2. The first-order valence-electron chi connectivity index (χ1n) is 9.29.